The highest BCUT2D eigenvalue weighted by molar-refractivity contribution is 5.76. The third kappa shape index (κ3) is 2.62. The van der Waals surface area contributed by atoms with E-state index in [2.05, 4.69) is 17.2 Å². The van der Waals surface area contributed by atoms with Crippen LogP contribution in [0.5, 0.6) is 0 Å². The van der Waals surface area contributed by atoms with Crippen LogP contribution < -0.4 is 5.32 Å². The van der Waals surface area contributed by atoms with Crippen molar-refractivity contribution in [1.82, 2.24) is 14.9 Å². The minimum Gasteiger partial charge on any atom is -0.335 e. The summed E-state index contributed by atoms with van der Waals surface area (Å²) in [6, 6.07) is 0.285. The molecule has 1 aliphatic rings. The van der Waals surface area contributed by atoms with Gasteiger partial charge in [0, 0.05) is 18.4 Å². The van der Waals surface area contributed by atoms with Gasteiger partial charge < -0.3 is 5.32 Å². The molecule has 0 radical (unpaired) electrons. The van der Waals surface area contributed by atoms with Gasteiger partial charge in [-0.1, -0.05) is 26.2 Å². The van der Waals surface area contributed by atoms with Crippen molar-refractivity contribution in [2.75, 3.05) is 0 Å². The Morgan fingerprint density at radius 1 is 1.56 bits per heavy atom. The highest BCUT2D eigenvalue weighted by Crippen LogP contribution is 2.26. The van der Waals surface area contributed by atoms with Crippen LogP contribution in [-0.4, -0.2) is 21.6 Å². The number of carbonyl (C=O) groups is 1. The van der Waals surface area contributed by atoms with Crippen molar-refractivity contribution < 1.29 is 4.79 Å². The molecule has 2 atom stereocenters. The summed E-state index contributed by atoms with van der Waals surface area (Å²) in [5, 5.41) is 3.07. The fourth-order valence-electron chi connectivity index (χ4n) is 2.42. The number of carbonyl (C=O) groups excluding carboxylic acids is 1. The van der Waals surface area contributed by atoms with E-state index in [1.807, 2.05) is 0 Å². The Morgan fingerprint density at radius 2 is 2.44 bits per heavy atom. The van der Waals surface area contributed by atoms with Crippen LogP contribution in [-0.2, 0) is 0 Å². The summed E-state index contributed by atoms with van der Waals surface area (Å²) in [5.41, 5.74) is 0. The van der Waals surface area contributed by atoms with Gasteiger partial charge >= 0.3 is 6.03 Å². The molecular formula is C12H19N3O. The van der Waals surface area contributed by atoms with Crippen LogP contribution in [0.15, 0.2) is 18.7 Å². The topological polar surface area (TPSA) is 46.9 Å². The van der Waals surface area contributed by atoms with E-state index in [1.165, 1.54) is 30.2 Å². The first-order chi connectivity index (χ1) is 7.79. The molecule has 2 unspecified atom stereocenters. The molecule has 1 fully saturated rings. The molecule has 0 bridgehead atoms. The van der Waals surface area contributed by atoms with E-state index in [9.17, 15) is 4.79 Å². The van der Waals surface area contributed by atoms with E-state index in [1.54, 1.807) is 12.4 Å². The Morgan fingerprint density at radius 3 is 3.12 bits per heavy atom. The Labute approximate surface area is 96.1 Å². The van der Waals surface area contributed by atoms with E-state index in [4.69, 9.17) is 0 Å². The Hall–Kier alpha value is -1.32. The molecule has 2 rings (SSSR count). The van der Waals surface area contributed by atoms with Gasteiger partial charge in [-0.15, -0.1) is 0 Å². The first kappa shape index (κ1) is 11.2. The lowest BCUT2D eigenvalue weighted by atomic mass is 9.84. The van der Waals surface area contributed by atoms with Gasteiger partial charge in [-0.25, -0.2) is 9.78 Å². The SMILES string of the molecule is CCC1CCCC(NC(=O)n2ccnc2)C1. The fourth-order valence-corrected chi connectivity index (χ4v) is 2.42. The maximum Gasteiger partial charge on any atom is 0.327 e. The second-order valence-corrected chi connectivity index (χ2v) is 4.56. The number of amides is 1. The maximum absolute atomic E-state index is 11.8. The van der Waals surface area contributed by atoms with E-state index in [-0.39, 0.29) is 6.03 Å². The maximum atomic E-state index is 11.8. The molecular weight excluding hydrogens is 202 g/mol. The highest BCUT2D eigenvalue weighted by Gasteiger charge is 2.22. The fraction of sp³-hybridized carbons (Fsp3) is 0.667. The van der Waals surface area contributed by atoms with Gasteiger partial charge in [0.25, 0.3) is 0 Å². The summed E-state index contributed by atoms with van der Waals surface area (Å²) in [4.78, 5) is 15.7. The molecule has 1 aliphatic carbocycles. The lowest BCUT2D eigenvalue weighted by Crippen LogP contribution is -2.40. The molecule has 1 heterocycles. The molecule has 1 amide bonds. The molecule has 16 heavy (non-hydrogen) atoms. The molecule has 4 heteroatoms. The molecule has 0 spiro atoms. The zero-order valence-electron chi connectivity index (χ0n) is 9.72. The van der Waals surface area contributed by atoms with Crippen molar-refractivity contribution in [3.05, 3.63) is 18.7 Å². The van der Waals surface area contributed by atoms with Gasteiger partial charge in [0.2, 0.25) is 0 Å². The smallest absolute Gasteiger partial charge is 0.327 e. The third-order valence-corrected chi connectivity index (χ3v) is 3.43. The van der Waals surface area contributed by atoms with E-state index in [0.29, 0.717) is 6.04 Å². The van der Waals surface area contributed by atoms with Crippen molar-refractivity contribution in [2.45, 2.75) is 45.1 Å². The van der Waals surface area contributed by atoms with Crippen LogP contribution in [0.1, 0.15) is 39.0 Å². The van der Waals surface area contributed by atoms with Gasteiger partial charge in [-0.05, 0) is 18.8 Å². The quantitative estimate of drug-likeness (QED) is 0.833. The van der Waals surface area contributed by atoms with Crippen LogP contribution in [0.2, 0.25) is 0 Å². The first-order valence-electron chi connectivity index (χ1n) is 6.08. The molecule has 1 aromatic rings. The summed E-state index contributed by atoms with van der Waals surface area (Å²) in [6.07, 6.45) is 10.8. The van der Waals surface area contributed by atoms with Crippen molar-refractivity contribution in [1.29, 1.82) is 0 Å². The number of aromatic nitrogens is 2. The molecule has 0 saturated heterocycles. The standard InChI is InChI=1S/C12H19N3O/c1-2-10-4-3-5-11(8-10)14-12(16)15-7-6-13-9-15/h6-7,9-11H,2-5,8H2,1H3,(H,14,16). The zero-order chi connectivity index (χ0) is 11.4. The van der Waals surface area contributed by atoms with Gasteiger partial charge in [-0.3, -0.25) is 4.57 Å². The molecule has 1 aromatic heterocycles. The number of hydrogen-bond donors (Lipinski definition) is 1. The Kier molecular flexibility index (Phi) is 3.59. The highest BCUT2D eigenvalue weighted by atomic mass is 16.2. The molecule has 4 nitrogen and oxygen atoms in total. The molecule has 88 valence electrons. The average molecular weight is 221 g/mol. The Bertz CT molecular complexity index is 334. The minimum absolute atomic E-state index is 0.0562. The van der Waals surface area contributed by atoms with E-state index in [0.717, 1.165) is 18.8 Å². The second kappa shape index (κ2) is 5.14. The number of hydrogen-bond acceptors (Lipinski definition) is 2. The van der Waals surface area contributed by atoms with Crippen molar-refractivity contribution in [3.63, 3.8) is 0 Å². The summed E-state index contributed by atoms with van der Waals surface area (Å²) >= 11 is 0. The number of nitrogens with zero attached hydrogens (tertiary/aromatic N) is 2. The second-order valence-electron chi connectivity index (χ2n) is 4.56. The van der Waals surface area contributed by atoms with Crippen LogP contribution in [0.3, 0.4) is 0 Å². The third-order valence-electron chi connectivity index (χ3n) is 3.43. The molecule has 0 aliphatic heterocycles. The van der Waals surface area contributed by atoms with Gasteiger partial charge in [-0.2, -0.15) is 0 Å². The van der Waals surface area contributed by atoms with Crippen molar-refractivity contribution in [3.8, 4) is 0 Å². The number of nitrogens with one attached hydrogen (secondary N) is 1. The van der Waals surface area contributed by atoms with Gasteiger partial charge in [0.1, 0.15) is 6.33 Å². The van der Waals surface area contributed by atoms with Crippen LogP contribution in [0.4, 0.5) is 4.79 Å². The lowest BCUT2D eigenvalue weighted by Gasteiger charge is -2.28. The van der Waals surface area contributed by atoms with E-state index < -0.39 is 0 Å². The molecule has 1 saturated carbocycles. The van der Waals surface area contributed by atoms with Crippen molar-refractivity contribution in [2.24, 2.45) is 5.92 Å². The number of rotatable bonds is 2. The average Bonchev–Trinajstić information content (AvgIpc) is 2.83. The predicted octanol–water partition coefficient (Wildman–Crippen LogP) is 2.41. The lowest BCUT2D eigenvalue weighted by molar-refractivity contribution is 0.226. The summed E-state index contributed by atoms with van der Waals surface area (Å²) in [6.45, 7) is 2.23. The summed E-state index contributed by atoms with van der Waals surface area (Å²) in [7, 11) is 0. The normalized spacial score (nSPS) is 25.3. The monoisotopic (exact) mass is 221 g/mol. The van der Waals surface area contributed by atoms with Crippen LogP contribution >= 0.6 is 0 Å². The van der Waals surface area contributed by atoms with Crippen LogP contribution in [0.25, 0.3) is 0 Å². The zero-order valence-corrected chi connectivity index (χ0v) is 9.72. The summed E-state index contributed by atoms with van der Waals surface area (Å²) in [5.74, 6) is 0.779. The Balaban J connectivity index is 1.87. The van der Waals surface area contributed by atoms with Gasteiger partial charge in [0.15, 0.2) is 0 Å². The number of imidazole rings is 1. The first-order valence-corrected chi connectivity index (χ1v) is 6.08. The predicted molar refractivity (Wildman–Crippen MR) is 62.2 cm³/mol. The summed E-state index contributed by atoms with van der Waals surface area (Å²) < 4.78 is 1.50. The molecule has 0 aromatic carbocycles. The molecule has 1 N–H and O–H groups in total. The minimum atomic E-state index is -0.0562. The largest absolute Gasteiger partial charge is 0.335 e. The van der Waals surface area contributed by atoms with Gasteiger partial charge in [0.05, 0.1) is 0 Å². The van der Waals surface area contributed by atoms with E-state index >= 15 is 0 Å². The van der Waals surface area contributed by atoms with Crippen molar-refractivity contribution >= 4 is 6.03 Å². The van der Waals surface area contributed by atoms with Crippen LogP contribution in [0, 0.1) is 5.92 Å².